The molecule has 0 amide bonds. The first-order valence-electron chi connectivity index (χ1n) is 5.97. The monoisotopic (exact) mass is 216 g/mol. The van der Waals surface area contributed by atoms with E-state index < -0.39 is 0 Å². The molecule has 4 nitrogen and oxygen atoms in total. The highest BCUT2D eigenvalue weighted by Crippen LogP contribution is 1.98. The highest BCUT2D eigenvalue weighted by molar-refractivity contribution is 4.69. The van der Waals surface area contributed by atoms with E-state index in [-0.39, 0.29) is 0 Å². The lowest BCUT2D eigenvalue weighted by Crippen LogP contribution is -2.44. The number of aliphatic hydroxyl groups is 1. The van der Waals surface area contributed by atoms with Crippen LogP contribution in [0, 0.1) is 0 Å². The molecule has 1 fully saturated rings. The number of hydrogen-bond donors (Lipinski definition) is 2. The van der Waals surface area contributed by atoms with Gasteiger partial charge in [-0.25, -0.2) is 0 Å². The Morgan fingerprint density at radius 3 is 2.73 bits per heavy atom. The van der Waals surface area contributed by atoms with E-state index in [4.69, 9.17) is 9.84 Å². The second-order valence-electron chi connectivity index (χ2n) is 4.20. The first-order valence-corrected chi connectivity index (χ1v) is 5.97. The Morgan fingerprint density at radius 1 is 1.33 bits per heavy atom. The fourth-order valence-electron chi connectivity index (χ4n) is 1.82. The van der Waals surface area contributed by atoms with Crippen molar-refractivity contribution >= 4 is 0 Å². The van der Waals surface area contributed by atoms with Gasteiger partial charge in [0.15, 0.2) is 0 Å². The van der Waals surface area contributed by atoms with Gasteiger partial charge in [0.05, 0.1) is 13.2 Å². The summed E-state index contributed by atoms with van der Waals surface area (Å²) in [6.45, 7) is 8.49. The molecule has 0 aromatic carbocycles. The van der Waals surface area contributed by atoms with Crippen LogP contribution in [-0.2, 0) is 4.74 Å². The quantitative estimate of drug-likeness (QED) is 0.591. The minimum atomic E-state index is 0.305. The lowest BCUT2D eigenvalue weighted by Gasteiger charge is -2.29. The summed E-state index contributed by atoms with van der Waals surface area (Å²) in [6.07, 6.45) is 1.96. The maximum atomic E-state index is 8.64. The van der Waals surface area contributed by atoms with E-state index in [0.717, 1.165) is 52.2 Å². The van der Waals surface area contributed by atoms with Gasteiger partial charge < -0.3 is 15.2 Å². The molecular formula is C11H24N2O2. The van der Waals surface area contributed by atoms with Crippen LogP contribution in [0.5, 0.6) is 0 Å². The van der Waals surface area contributed by atoms with Gasteiger partial charge in [0.2, 0.25) is 0 Å². The van der Waals surface area contributed by atoms with Gasteiger partial charge in [-0.1, -0.05) is 0 Å². The van der Waals surface area contributed by atoms with Gasteiger partial charge in [0, 0.05) is 32.3 Å². The van der Waals surface area contributed by atoms with E-state index in [1.807, 2.05) is 0 Å². The van der Waals surface area contributed by atoms with E-state index in [2.05, 4.69) is 17.1 Å². The molecule has 0 bridgehead atoms. The predicted molar refractivity (Wildman–Crippen MR) is 61.0 cm³/mol. The third-order valence-corrected chi connectivity index (χ3v) is 2.71. The molecular weight excluding hydrogens is 192 g/mol. The molecule has 1 saturated heterocycles. The maximum absolute atomic E-state index is 8.64. The van der Waals surface area contributed by atoms with Crippen molar-refractivity contribution in [3.8, 4) is 0 Å². The van der Waals surface area contributed by atoms with Gasteiger partial charge in [0.25, 0.3) is 0 Å². The molecule has 1 atom stereocenters. The SMILES string of the molecule is CC(CN1CCOCC1)NCCCCO. The third-order valence-electron chi connectivity index (χ3n) is 2.71. The van der Waals surface area contributed by atoms with Crippen molar-refractivity contribution < 1.29 is 9.84 Å². The van der Waals surface area contributed by atoms with Crippen molar-refractivity contribution in [2.75, 3.05) is 46.0 Å². The Kier molecular flexibility index (Phi) is 6.92. The number of nitrogens with zero attached hydrogens (tertiary/aromatic N) is 1. The highest BCUT2D eigenvalue weighted by Gasteiger charge is 2.12. The summed E-state index contributed by atoms with van der Waals surface area (Å²) in [5.41, 5.74) is 0. The molecule has 0 saturated carbocycles. The standard InChI is InChI=1S/C11H24N2O2/c1-11(12-4-2-3-7-14)10-13-5-8-15-9-6-13/h11-12,14H,2-10H2,1H3. The van der Waals surface area contributed by atoms with Gasteiger partial charge in [-0.15, -0.1) is 0 Å². The second kappa shape index (κ2) is 8.05. The lowest BCUT2D eigenvalue weighted by molar-refractivity contribution is 0.0344. The van der Waals surface area contributed by atoms with Crippen LogP contribution in [0.4, 0.5) is 0 Å². The zero-order chi connectivity index (χ0) is 10.9. The van der Waals surface area contributed by atoms with E-state index in [0.29, 0.717) is 12.6 Å². The molecule has 15 heavy (non-hydrogen) atoms. The fraction of sp³-hybridized carbons (Fsp3) is 1.00. The van der Waals surface area contributed by atoms with Crippen molar-refractivity contribution in [3.63, 3.8) is 0 Å². The molecule has 0 aliphatic carbocycles. The Bertz CT molecular complexity index is 150. The average Bonchev–Trinajstić information content (AvgIpc) is 2.26. The molecule has 1 aliphatic heterocycles. The number of rotatable bonds is 7. The van der Waals surface area contributed by atoms with Crippen molar-refractivity contribution in [1.82, 2.24) is 10.2 Å². The molecule has 2 N–H and O–H groups in total. The molecule has 0 radical (unpaired) electrons. The summed E-state index contributed by atoms with van der Waals surface area (Å²) in [5.74, 6) is 0. The number of ether oxygens (including phenoxy) is 1. The summed E-state index contributed by atoms with van der Waals surface area (Å²) in [4.78, 5) is 2.44. The van der Waals surface area contributed by atoms with Gasteiger partial charge in [-0.3, -0.25) is 4.90 Å². The topological polar surface area (TPSA) is 44.7 Å². The Hall–Kier alpha value is -0.160. The van der Waals surface area contributed by atoms with E-state index in [9.17, 15) is 0 Å². The molecule has 4 heteroatoms. The Morgan fingerprint density at radius 2 is 2.07 bits per heavy atom. The van der Waals surface area contributed by atoms with Crippen LogP contribution in [0.25, 0.3) is 0 Å². The van der Waals surface area contributed by atoms with Crippen LogP contribution >= 0.6 is 0 Å². The number of unbranched alkanes of at least 4 members (excludes halogenated alkanes) is 1. The number of nitrogens with one attached hydrogen (secondary N) is 1. The second-order valence-corrected chi connectivity index (χ2v) is 4.20. The molecule has 0 spiro atoms. The normalized spacial score (nSPS) is 20.4. The van der Waals surface area contributed by atoms with Gasteiger partial charge >= 0.3 is 0 Å². The van der Waals surface area contributed by atoms with E-state index in [1.165, 1.54) is 0 Å². The summed E-state index contributed by atoms with van der Waals surface area (Å²) >= 11 is 0. The Labute approximate surface area is 92.6 Å². The molecule has 0 aromatic heterocycles. The van der Waals surface area contributed by atoms with Crippen molar-refractivity contribution in [3.05, 3.63) is 0 Å². The lowest BCUT2D eigenvalue weighted by atomic mass is 10.2. The van der Waals surface area contributed by atoms with Gasteiger partial charge in [-0.2, -0.15) is 0 Å². The molecule has 90 valence electrons. The first kappa shape index (κ1) is 12.9. The number of morpholine rings is 1. The van der Waals surface area contributed by atoms with E-state index >= 15 is 0 Å². The fourth-order valence-corrected chi connectivity index (χ4v) is 1.82. The highest BCUT2D eigenvalue weighted by atomic mass is 16.5. The minimum Gasteiger partial charge on any atom is -0.396 e. The van der Waals surface area contributed by atoms with Gasteiger partial charge in [0.1, 0.15) is 0 Å². The van der Waals surface area contributed by atoms with Crippen LogP contribution < -0.4 is 5.32 Å². The van der Waals surface area contributed by atoms with Crippen LogP contribution in [-0.4, -0.2) is 62.0 Å². The van der Waals surface area contributed by atoms with Crippen molar-refractivity contribution in [1.29, 1.82) is 0 Å². The van der Waals surface area contributed by atoms with Crippen molar-refractivity contribution in [2.24, 2.45) is 0 Å². The molecule has 1 unspecified atom stereocenters. The number of hydrogen-bond acceptors (Lipinski definition) is 4. The minimum absolute atomic E-state index is 0.305. The smallest absolute Gasteiger partial charge is 0.0594 e. The van der Waals surface area contributed by atoms with Crippen LogP contribution in [0.3, 0.4) is 0 Å². The first-order chi connectivity index (χ1) is 7.33. The molecule has 1 heterocycles. The van der Waals surface area contributed by atoms with Crippen LogP contribution in [0.15, 0.2) is 0 Å². The summed E-state index contributed by atoms with van der Waals surface area (Å²) in [7, 11) is 0. The average molecular weight is 216 g/mol. The number of aliphatic hydroxyl groups excluding tert-OH is 1. The maximum Gasteiger partial charge on any atom is 0.0594 e. The predicted octanol–water partition coefficient (Wildman–Crippen LogP) is 0.0692. The van der Waals surface area contributed by atoms with Crippen LogP contribution in [0.2, 0.25) is 0 Å². The Balaban J connectivity index is 1.98. The zero-order valence-corrected chi connectivity index (χ0v) is 9.74. The zero-order valence-electron chi connectivity index (χ0n) is 9.74. The largest absolute Gasteiger partial charge is 0.396 e. The third kappa shape index (κ3) is 6.10. The van der Waals surface area contributed by atoms with Crippen LogP contribution in [0.1, 0.15) is 19.8 Å². The molecule has 1 aliphatic rings. The summed E-state index contributed by atoms with van der Waals surface area (Å²) in [6, 6.07) is 0.529. The molecule has 1 rings (SSSR count). The van der Waals surface area contributed by atoms with Gasteiger partial charge in [-0.05, 0) is 26.3 Å². The van der Waals surface area contributed by atoms with Crippen molar-refractivity contribution in [2.45, 2.75) is 25.8 Å². The summed E-state index contributed by atoms with van der Waals surface area (Å²) in [5, 5.41) is 12.1. The van der Waals surface area contributed by atoms with E-state index in [1.54, 1.807) is 0 Å². The molecule has 0 aromatic rings. The summed E-state index contributed by atoms with van der Waals surface area (Å²) < 4.78 is 5.30.